The average molecular weight is 277 g/mol. The fourth-order valence-corrected chi connectivity index (χ4v) is 2.31. The maximum atomic E-state index is 12.2. The minimum absolute atomic E-state index is 0.102. The monoisotopic (exact) mass is 276 g/mol. The Morgan fingerprint density at radius 3 is 2.63 bits per heavy atom. The second-order valence-corrected chi connectivity index (χ2v) is 5.56. The summed E-state index contributed by atoms with van der Waals surface area (Å²) in [5, 5.41) is 10.5. The first-order valence-corrected chi connectivity index (χ1v) is 6.48. The van der Waals surface area contributed by atoms with Crippen molar-refractivity contribution in [2.45, 2.75) is 25.2 Å². The molecule has 1 aromatic carbocycles. The Morgan fingerprint density at radius 2 is 2.05 bits per heavy atom. The molecule has 0 aliphatic heterocycles. The van der Waals surface area contributed by atoms with Crippen molar-refractivity contribution in [1.29, 1.82) is 0 Å². The molecule has 1 saturated carbocycles. The van der Waals surface area contributed by atoms with Gasteiger partial charge >= 0.3 is 0 Å². The maximum Gasteiger partial charge on any atom is 0.262 e. The Balaban J connectivity index is 2.19. The number of hydrogen-bond donors (Lipinski definition) is 2. The van der Waals surface area contributed by atoms with E-state index in [0.717, 1.165) is 12.8 Å². The molecule has 1 aromatic heterocycles. The number of H-pyrrole nitrogens is 1. The van der Waals surface area contributed by atoms with Gasteiger partial charge < -0.3 is 10.1 Å². The number of rotatable bonds is 2. The van der Waals surface area contributed by atoms with Crippen LogP contribution in [0, 0.1) is 0 Å². The highest BCUT2D eigenvalue weighted by molar-refractivity contribution is 6.33. The van der Waals surface area contributed by atoms with Crippen LogP contribution in [0.2, 0.25) is 5.02 Å². The van der Waals surface area contributed by atoms with Gasteiger partial charge in [0.15, 0.2) is 0 Å². The van der Waals surface area contributed by atoms with Gasteiger partial charge in [0.2, 0.25) is 5.88 Å². The van der Waals surface area contributed by atoms with E-state index < -0.39 is 0 Å². The predicted molar refractivity (Wildman–Crippen MR) is 73.6 cm³/mol. The Bertz CT molecular complexity index is 705. The van der Waals surface area contributed by atoms with Crippen LogP contribution in [0.1, 0.15) is 25.6 Å². The van der Waals surface area contributed by atoms with E-state index in [1.165, 1.54) is 0 Å². The molecule has 2 N–H and O–H groups in total. The summed E-state index contributed by atoms with van der Waals surface area (Å²) in [5.41, 5.74) is 0.153. The van der Waals surface area contributed by atoms with E-state index in [1.54, 1.807) is 24.3 Å². The lowest BCUT2D eigenvalue weighted by Crippen LogP contribution is -2.18. The molecular formula is C14H13ClN2O2. The third-order valence-electron chi connectivity index (χ3n) is 3.62. The highest BCUT2D eigenvalue weighted by atomic mass is 35.5. The summed E-state index contributed by atoms with van der Waals surface area (Å²) in [6.07, 6.45) is 1.95. The summed E-state index contributed by atoms with van der Waals surface area (Å²) in [5.74, 6) is 0.283. The van der Waals surface area contributed by atoms with Crippen molar-refractivity contribution >= 4 is 11.6 Å². The molecule has 2 aromatic rings. The number of nitrogens with one attached hydrogen (secondary N) is 1. The van der Waals surface area contributed by atoms with E-state index in [9.17, 15) is 9.90 Å². The van der Waals surface area contributed by atoms with Gasteiger partial charge in [-0.1, -0.05) is 36.7 Å². The van der Waals surface area contributed by atoms with Crippen LogP contribution < -0.4 is 5.56 Å². The number of aromatic amines is 1. The smallest absolute Gasteiger partial charge is 0.262 e. The molecule has 0 bridgehead atoms. The van der Waals surface area contributed by atoms with Crippen LogP contribution in [0.15, 0.2) is 29.1 Å². The van der Waals surface area contributed by atoms with Crippen LogP contribution in [0.5, 0.6) is 5.88 Å². The fourth-order valence-electron chi connectivity index (χ4n) is 2.08. The van der Waals surface area contributed by atoms with Crippen LogP contribution in [-0.2, 0) is 5.41 Å². The Hall–Kier alpha value is -1.81. The largest absolute Gasteiger partial charge is 0.493 e. The van der Waals surface area contributed by atoms with Crippen LogP contribution >= 0.6 is 11.6 Å². The molecule has 3 rings (SSSR count). The van der Waals surface area contributed by atoms with Gasteiger partial charge in [0.05, 0.1) is 0 Å². The van der Waals surface area contributed by atoms with Crippen molar-refractivity contribution < 1.29 is 5.11 Å². The normalized spacial score (nSPS) is 16.3. The summed E-state index contributed by atoms with van der Waals surface area (Å²) >= 11 is 6.05. The topological polar surface area (TPSA) is 66.0 Å². The van der Waals surface area contributed by atoms with Gasteiger partial charge in [-0.25, -0.2) is 0 Å². The lowest BCUT2D eigenvalue weighted by atomic mass is 10.1. The molecule has 1 aliphatic rings. The Labute approximate surface area is 115 Å². The average Bonchev–Trinajstić information content (AvgIpc) is 3.10. The molecule has 0 spiro atoms. The first kappa shape index (κ1) is 12.2. The summed E-state index contributed by atoms with van der Waals surface area (Å²) in [6.45, 7) is 2.01. The third-order valence-corrected chi connectivity index (χ3v) is 3.94. The molecule has 5 heteroatoms. The van der Waals surface area contributed by atoms with Gasteiger partial charge in [0, 0.05) is 16.0 Å². The summed E-state index contributed by atoms with van der Waals surface area (Å²) in [7, 11) is 0. The van der Waals surface area contributed by atoms with Crippen LogP contribution in [0.3, 0.4) is 0 Å². The van der Waals surface area contributed by atoms with Gasteiger partial charge in [0.25, 0.3) is 5.56 Å². The number of hydrogen-bond acceptors (Lipinski definition) is 3. The van der Waals surface area contributed by atoms with E-state index in [1.807, 2.05) is 6.92 Å². The van der Waals surface area contributed by atoms with Gasteiger partial charge in [-0.2, -0.15) is 4.98 Å². The first-order chi connectivity index (χ1) is 9.01. The van der Waals surface area contributed by atoms with E-state index in [2.05, 4.69) is 9.97 Å². The predicted octanol–water partition coefficient (Wildman–Crippen LogP) is 2.85. The zero-order valence-electron chi connectivity index (χ0n) is 10.4. The molecule has 0 radical (unpaired) electrons. The standard InChI is InChI=1S/C14H13ClN2O2/c1-14(6-7-14)13-16-11(18)10(12(19)17-13)8-4-2-3-5-9(8)15/h2-5H,6-7H2,1H3,(H2,16,17,18,19). The molecule has 0 atom stereocenters. The SMILES string of the molecule is CC1(c2nc(O)c(-c3ccccc3Cl)c(=O)[nH]2)CC1. The number of nitrogens with zero attached hydrogens (tertiary/aromatic N) is 1. The minimum atomic E-state index is -0.358. The van der Waals surface area contributed by atoms with Crippen molar-refractivity contribution in [3.05, 3.63) is 45.5 Å². The van der Waals surface area contributed by atoms with Crippen molar-refractivity contribution in [2.75, 3.05) is 0 Å². The second kappa shape index (κ2) is 4.10. The molecule has 0 saturated heterocycles. The summed E-state index contributed by atoms with van der Waals surface area (Å²) in [6, 6.07) is 6.89. The van der Waals surface area contributed by atoms with Crippen molar-refractivity contribution in [1.82, 2.24) is 9.97 Å². The first-order valence-electron chi connectivity index (χ1n) is 6.10. The van der Waals surface area contributed by atoms with Crippen LogP contribution in [0.25, 0.3) is 11.1 Å². The van der Waals surface area contributed by atoms with Gasteiger partial charge in [0.1, 0.15) is 11.4 Å². The molecule has 1 heterocycles. The third kappa shape index (κ3) is 2.02. The van der Waals surface area contributed by atoms with Gasteiger partial charge in [-0.15, -0.1) is 0 Å². The molecule has 1 fully saturated rings. The van der Waals surface area contributed by atoms with Crippen molar-refractivity contribution in [3.63, 3.8) is 0 Å². The zero-order valence-corrected chi connectivity index (χ0v) is 11.2. The second-order valence-electron chi connectivity index (χ2n) is 5.15. The molecule has 0 amide bonds. The lowest BCUT2D eigenvalue weighted by Gasteiger charge is -2.10. The highest BCUT2D eigenvalue weighted by Gasteiger charge is 2.42. The molecule has 1 aliphatic carbocycles. The maximum absolute atomic E-state index is 12.2. The minimum Gasteiger partial charge on any atom is -0.493 e. The molecule has 0 unspecified atom stereocenters. The Kier molecular flexibility index (Phi) is 2.64. The summed E-state index contributed by atoms with van der Waals surface area (Å²) in [4.78, 5) is 19.1. The molecule has 4 nitrogen and oxygen atoms in total. The molecular weight excluding hydrogens is 264 g/mol. The van der Waals surface area contributed by atoms with Crippen LogP contribution in [0.4, 0.5) is 0 Å². The number of aromatic nitrogens is 2. The number of benzene rings is 1. The summed E-state index contributed by atoms with van der Waals surface area (Å²) < 4.78 is 0. The van der Waals surface area contributed by atoms with Crippen molar-refractivity contribution in [2.24, 2.45) is 0 Å². The van der Waals surface area contributed by atoms with Gasteiger partial charge in [-0.3, -0.25) is 4.79 Å². The number of halogens is 1. The molecule has 19 heavy (non-hydrogen) atoms. The zero-order chi connectivity index (χ0) is 13.6. The quantitative estimate of drug-likeness (QED) is 0.886. The van der Waals surface area contributed by atoms with E-state index in [4.69, 9.17) is 11.6 Å². The number of aromatic hydroxyl groups is 1. The van der Waals surface area contributed by atoms with Crippen molar-refractivity contribution in [3.8, 4) is 17.0 Å². The fraction of sp³-hybridized carbons (Fsp3) is 0.286. The van der Waals surface area contributed by atoms with Gasteiger partial charge in [-0.05, 0) is 18.9 Å². The highest BCUT2D eigenvalue weighted by Crippen LogP contribution is 2.46. The Morgan fingerprint density at radius 1 is 1.37 bits per heavy atom. The van der Waals surface area contributed by atoms with E-state index >= 15 is 0 Å². The van der Waals surface area contributed by atoms with Crippen LogP contribution in [-0.4, -0.2) is 15.1 Å². The van der Waals surface area contributed by atoms with E-state index in [0.29, 0.717) is 16.4 Å². The molecule has 98 valence electrons. The lowest BCUT2D eigenvalue weighted by molar-refractivity contribution is 0.446. The van der Waals surface area contributed by atoms with E-state index in [-0.39, 0.29) is 22.4 Å².